The van der Waals surface area contributed by atoms with E-state index in [1.807, 2.05) is 0 Å². The molecule has 228 valence electrons. The molecule has 1 aliphatic heterocycles. The number of rotatable bonds is 10. The first-order valence-corrected chi connectivity index (χ1v) is 16.1. The van der Waals surface area contributed by atoms with Gasteiger partial charge in [-0.25, -0.2) is 4.79 Å². The maximum absolute atomic E-state index is 13.1. The number of ether oxygens (including phenoxy) is 1. The van der Waals surface area contributed by atoms with Gasteiger partial charge in [0.15, 0.2) is 0 Å². The van der Waals surface area contributed by atoms with Crippen molar-refractivity contribution in [3.8, 4) is 0 Å². The fourth-order valence-electron chi connectivity index (χ4n) is 7.04. The normalized spacial score (nSPS) is 35.6. The van der Waals surface area contributed by atoms with Crippen LogP contribution in [0.5, 0.6) is 0 Å². The minimum absolute atomic E-state index is 0.0102. The fourth-order valence-corrected chi connectivity index (χ4v) is 7.81. The predicted octanol–water partition coefficient (Wildman–Crippen LogP) is 2.80. The number of hydrogen-bond donors (Lipinski definition) is 6. The van der Waals surface area contributed by atoms with E-state index in [1.165, 1.54) is 7.11 Å². The number of halogens is 2. The van der Waals surface area contributed by atoms with Crippen LogP contribution in [0.1, 0.15) is 89.9 Å². The lowest BCUT2D eigenvalue weighted by Crippen LogP contribution is -2.55. The molecule has 4 fully saturated rings. The van der Waals surface area contributed by atoms with E-state index >= 15 is 0 Å². The van der Waals surface area contributed by atoms with Crippen molar-refractivity contribution in [2.75, 3.05) is 7.11 Å². The second-order valence-electron chi connectivity index (χ2n) is 12.3. The Balaban J connectivity index is 1.33. The average molecular weight is 604 g/mol. The zero-order valence-electron chi connectivity index (χ0n) is 23.6. The Bertz CT molecular complexity index is 855. The molecule has 12 heteroatoms. The van der Waals surface area contributed by atoms with Crippen molar-refractivity contribution in [2.24, 2.45) is 17.6 Å². The second-order valence-corrected chi connectivity index (χ2v) is 13.4. The monoisotopic (exact) mass is 602 g/mol. The zero-order chi connectivity index (χ0) is 28.6. The fraction of sp³-hybridized carbons (Fsp3) is 0.893. The van der Waals surface area contributed by atoms with Gasteiger partial charge in [0.1, 0.15) is 0 Å². The molecule has 0 aromatic carbocycles. The van der Waals surface area contributed by atoms with Gasteiger partial charge in [-0.3, -0.25) is 20.2 Å². The van der Waals surface area contributed by atoms with Crippen LogP contribution in [0, 0.1) is 11.8 Å². The van der Waals surface area contributed by atoms with Gasteiger partial charge in [0.05, 0.1) is 24.8 Å². The highest BCUT2D eigenvalue weighted by Gasteiger charge is 2.42. The van der Waals surface area contributed by atoms with Crippen LogP contribution in [0.3, 0.4) is 0 Å². The second kappa shape index (κ2) is 15.2. The maximum atomic E-state index is 13.1. The number of amides is 3. The predicted molar refractivity (Wildman–Crippen MR) is 156 cm³/mol. The van der Waals surface area contributed by atoms with E-state index in [0.717, 1.165) is 70.6 Å². The van der Waals surface area contributed by atoms with Crippen molar-refractivity contribution in [3.63, 3.8) is 0 Å². The Kier molecular flexibility index (Phi) is 12.0. The van der Waals surface area contributed by atoms with Gasteiger partial charge >= 0.3 is 6.09 Å². The van der Waals surface area contributed by atoms with Gasteiger partial charge in [0.25, 0.3) is 0 Å². The lowest BCUT2D eigenvalue weighted by Gasteiger charge is -2.33. The summed E-state index contributed by atoms with van der Waals surface area (Å²) < 4.78 is 4.73. The number of nitrogens with one attached hydrogen (secondary N) is 5. The van der Waals surface area contributed by atoms with Crippen LogP contribution < -0.4 is 32.3 Å². The SMILES string of the molecule is COC(=O)NC1CCC(C2NC([C@H](CC(=O)NC3CCCC3)NC(=O)CCC3CC(Cl)CCC3N)NC2Cl)CC1. The van der Waals surface area contributed by atoms with Crippen molar-refractivity contribution in [2.45, 2.75) is 137 Å². The largest absolute Gasteiger partial charge is 0.453 e. The quantitative estimate of drug-likeness (QED) is 0.166. The van der Waals surface area contributed by atoms with Crippen molar-refractivity contribution in [1.82, 2.24) is 26.6 Å². The molecular formula is C28H48Cl2N6O4. The summed E-state index contributed by atoms with van der Waals surface area (Å²) >= 11 is 13.2. The Morgan fingerprint density at radius 3 is 2.33 bits per heavy atom. The lowest BCUT2D eigenvalue weighted by atomic mass is 9.81. The molecule has 0 aromatic heterocycles. The van der Waals surface area contributed by atoms with Crippen molar-refractivity contribution >= 4 is 41.1 Å². The Morgan fingerprint density at radius 2 is 1.62 bits per heavy atom. The number of hydrogen-bond acceptors (Lipinski definition) is 7. The molecular weight excluding hydrogens is 555 g/mol. The van der Waals surface area contributed by atoms with Gasteiger partial charge in [0, 0.05) is 42.4 Å². The zero-order valence-corrected chi connectivity index (χ0v) is 25.2. The van der Waals surface area contributed by atoms with E-state index in [1.54, 1.807) is 0 Å². The highest BCUT2D eigenvalue weighted by molar-refractivity contribution is 6.21. The first-order valence-electron chi connectivity index (χ1n) is 15.2. The van der Waals surface area contributed by atoms with E-state index in [4.69, 9.17) is 33.7 Å². The van der Waals surface area contributed by atoms with E-state index in [-0.39, 0.29) is 65.4 Å². The topological polar surface area (TPSA) is 147 Å². The number of alkyl carbamates (subject to hydrolysis) is 1. The Morgan fingerprint density at radius 1 is 0.925 bits per heavy atom. The van der Waals surface area contributed by atoms with Gasteiger partial charge in [-0.1, -0.05) is 12.8 Å². The summed E-state index contributed by atoms with van der Waals surface area (Å²) in [6.45, 7) is 0. The van der Waals surface area contributed by atoms with Gasteiger partial charge in [0.2, 0.25) is 11.8 Å². The van der Waals surface area contributed by atoms with Gasteiger partial charge in [-0.15, -0.1) is 23.2 Å². The molecule has 4 rings (SSSR count). The highest BCUT2D eigenvalue weighted by Crippen LogP contribution is 2.32. The van der Waals surface area contributed by atoms with Crippen LogP contribution >= 0.6 is 23.2 Å². The molecule has 7 N–H and O–H groups in total. The van der Waals surface area contributed by atoms with Crippen LogP contribution in [0.2, 0.25) is 0 Å². The van der Waals surface area contributed by atoms with Crippen LogP contribution in [-0.2, 0) is 14.3 Å². The molecule has 4 aliphatic rings. The van der Waals surface area contributed by atoms with Crippen LogP contribution in [0.25, 0.3) is 0 Å². The summed E-state index contributed by atoms with van der Waals surface area (Å²) in [5.74, 6) is 0.407. The molecule has 1 saturated heterocycles. The summed E-state index contributed by atoms with van der Waals surface area (Å²) in [6.07, 6.45) is 10.9. The first kappa shape index (κ1) is 31.6. The Hall–Kier alpha value is -1.33. The summed E-state index contributed by atoms with van der Waals surface area (Å²) in [6, 6.07) is -0.0703. The third-order valence-corrected chi connectivity index (χ3v) is 10.2. The van der Waals surface area contributed by atoms with E-state index < -0.39 is 12.1 Å². The van der Waals surface area contributed by atoms with Crippen LogP contribution in [0.15, 0.2) is 0 Å². The standard InChI is InChI=1S/C28H48Cl2N6O4/c1-40-28(39)33-20-10-6-16(7-11-20)25-26(30)36-27(35-25)22(15-24(38)32-19-4-2-3-5-19)34-23(37)13-8-17-14-18(29)9-12-21(17)31/h16-22,25-27,35-36H,2-15,31H2,1H3,(H,32,38)(H,33,39)(H,34,37)/t16?,17?,18?,20?,21?,22-,25?,26?,27?/m0/s1. The number of carbonyl (C=O) groups excluding carboxylic acids is 3. The molecule has 3 saturated carbocycles. The van der Waals surface area contributed by atoms with E-state index in [9.17, 15) is 14.4 Å². The molecule has 0 radical (unpaired) electrons. The molecule has 1 heterocycles. The van der Waals surface area contributed by atoms with Gasteiger partial charge < -0.3 is 26.4 Å². The van der Waals surface area contributed by atoms with Crippen LogP contribution in [0.4, 0.5) is 4.79 Å². The lowest BCUT2D eigenvalue weighted by molar-refractivity contribution is -0.124. The molecule has 0 bridgehead atoms. The van der Waals surface area contributed by atoms with Gasteiger partial charge in [-0.2, -0.15) is 0 Å². The molecule has 0 aromatic rings. The molecule has 3 aliphatic carbocycles. The third-order valence-electron chi connectivity index (χ3n) is 9.41. The van der Waals surface area contributed by atoms with E-state index in [0.29, 0.717) is 18.8 Å². The smallest absolute Gasteiger partial charge is 0.407 e. The molecule has 6 unspecified atom stereocenters. The summed E-state index contributed by atoms with van der Waals surface area (Å²) in [5, 5.41) is 16.3. The molecule has 3 amide bonds. The molecule has 0 spiro atoms. The van der Waals surface area contributed by atoms with Crippen LogP contribution in [-0.4, -0.2) is 72.3 Å². The summed E-state index contributed by atoms with van der Waals surface area (Å²) in [7, 11) is 1.37. The first-order chi connectivity index (χ1) is 19.2. The maximum Gasteiger partial charge on any atom is 0.407 e. The minimum Gasteiger partial charge on any atom is -0.453 e. The molecule has 10 nitrogen and oxygen atoms in total. The van der Waals surface area contributed by atoms with Crippen molar-refractivity contribution < 1.29 is 19.1 Å². The average Bonchev–Trinajstić information content (AvgIpc) is 3.58. The van der Waals surface area contributed by atoms with Crippen molar-refractivity contribution in [1.29, 1.82) is 0 Å². The van der Waals surface area contributed by atoms with Crippen molar-refractivity contribution in [3.05, 3.63) is 0 Å². The van der Waals surface area contributed by atoms with Gasteiger partial charge in [-0.05, 0) is 76.0 Å². The molecule has 7 atom stereocenters. The number of carbonyl (C=O) groups is 3. The number of alkyl halides is 2. The highest BCUT2D eigenvalue weighted by atomic mass is 35.5. The molecule has 40 heavy (non-hydrogen) atoms. The third kappa shape index (κ3) is 9.08. The summed E-state index contributed by atoms with van der Waals surface area (Å²) in [4.78, 5) is 37.7. The number of methoxy groups -OCH3 is 1. The number of nitrogens with two attached hydrogens (primary N) is 1. The van der Waals surface area contributed by atoms with E-state index in [2.05, 4.69) is 26.6 Å². The Labute approximate surface area is 248 Å². The minimum atomic E-state index is -0.446. The summed E-state index contributed by atoms with van der Waals surface area (Å²) in [5.41, 5.74) is 5.97.